The predicted molar refractivity (Wildman–Crippen MR) is 91.0 cm³/mol. The first-order valence-corrected chi connectivity index (χ1v) is 7.48. The van der Waals surface area contributed by atoms with Gasteiger partial charge in [-0.2, -0.15) is 0 Å². The molecule has 0 atom stereocenters. The molecule has 3 rings (SSSR count). The van der Waals surface area contributed by atoms with E-state index in [0.29, 0.717) is 16.8 Å². The lowest BCUT2D eigenvalue weighted by molar-refractivity contribution is -0.274. The molecule has 26 heavy (non-hydrogen) atoms. The van der Waals surface area contributed by atoms with E-state index >= 15 is 0 Å². The highest BCUT2D eigenvalue weighted by Gasteiger charge is 2.31. The van der Waals surface area contributed by atoms with Crippen LogP contribution in [-0.2, 0) is 0 Å². The summed E-state index contributed by atoms with van der Waals surface area (Å²) in [7, 11) is 0. The van der Waals surface area contributed by atoms with Crippen molar-refractivity contribution in [2.45, 2.75) is 13.3 Å². The Morgan fingerprint density at radius 1 is 1.04 bits per heavy atom. The first kappa shape index (κ1) is 17.5. The summed E-state index contributed by atoms with van der Waals surface area (Å²) in [4.78, 5) is 0. The number of alkyl halides is 3. The largest absolute Gasteiger partial charge is 0.573 e. The molecule has 0 aliphatic rings. The molecule has 0 bridgehead atoms. The van der Waals surface area contributed by atoms with Crippen LogP contribution in [0.25, 0.3) is 28.5 Å². The lowest BCUT2D eigenvalue weighted by Gasteiger charge is -2.08. The van der Waals surface area contributed by atoms with Gasteiger partial charge >= 0.3 is 6.36 Å². The molecule has 134 valence electrons. The molecule has 1 heterocycles. The van der Waals surface area contributed by atoms with Crippen LogP contribution < -0.4 is 10.5 Å². The number of halogens is 3. The van der Waals surface area contributed by atoms with Crippen molar-refractivity contribution < 1.29 is 22.3 Å². The number of anilines is 1. The highest BCUT2D eigenvalue weighted by molar-refractivity contribution is 5.76. The van der Waals surface area contributed by atoms with Gasteiger partial charge in [0.05, 0.1) is 0 Å². The Morgan fingerprint density at radius 2 is 1.62 bits per heavy atom. The molecule has 0 aliphatic carbocycles. The number of allylic oxidation sites excluding steroid dienone is 1. The van der Waals surface area contributed by atoms with Crippen LogP contribution in [-0.4, -0.2) is 16.6 Å². The number of ether oxygens (including phenoxy) is 1. The fraction of sp³-hybridized carbons (Fsp3) is 0.111. The second kappa shape index (κ2) is 6.55. The van der Waals surface area contributed by atoms with E-state index in [9.17, 15) is 13.2 Å². The van der Waals surface area contributed by atoms with Crippen LogP contribution in [0.2, 0.25) is 0 Å². The molecular weight excluding hydrogens is 347 g/mol. The van der Waals surface area contributed by atoms with Gasteiger partial charge in [-0.1, -0.05) is 6.58 Å². The van der Waals surface area contributed by atoms with Gasteiger partial charge in [-0.3, -0.25) is 0 Å². The third-order valence-corrected chi connectivity index (χ3v) is 3.52. The quantitative estimate of drug-likeness (QED) is 0.668. The number of hydrogen-bond donors (Lipinski definition) is 1. The van der Waals surface area contributed by atoms with Crippen molar-refractivity contribution in [2.75, 3.05) is 5.73 Å². The van der Waals surface area contributed by atoms with Gasteiger partial charge in [0.25, 0.3) is 0 Å². The van der Waals surface area contributed by atoms with Crippen molar-refractivity contribution in [3.8, 4) is 28.7 Å². The minimum Gasteiger partial charge on any atom is -0.416 e. The summed E-state index contributed by atoms with van der Waals surface area (Å²) in [5, 5.41) is 7.91. The average molecular weight is 361 g/mol. The maximum Gasteiger partial charge on any atom is 0.573 e. The number of rotatable bonds is 4. The smallest absolute Gasteiger partial charge is 0.416 e. The first-order valence-electron chi connectivity index (χ1n) is 7.48. The fourth-order valence-corrected chi connectivity index (χ4v) is 2.31. The van der Waals surface area contributed by atoms with E-state index in [1.165, 1.54) is 24.3 Å². The van der Waals surface area contributed by atoms with Crippen LogP contribution in [0.5, 0.6) is 5.75 Å². The van der Waals surface area contributed by atoms with Gasteiger partial charge < -0.3 is 14.9 Å². The van der Waals surface area contributed by atoms with Crippen molar-refractivity contribution in [1.29, 1.82) is 0 Å². The molecule has 1 aromatic heterocycles. The van der Waals surface area contributed by atoms with E-state index in [0.717, 1.165) is 11.1 Å². The van der Waals surface area contributed by atoms with E-state index in [1.54, 1.807) is 18.2 Å². The van der Waals surface area contributed by atoms with E-state index in [1.807, 2.05) is 6.92 Å². The van der Waals surface area contributed by atoms with Crippen molar-refractivity contribution in [2.24, 2.45) is 0 Å². The normalized spacial score (nSPS) is 11.4. The van der Waals surface area contributed by atoms with Gasteiger partial charge in [-0.05, 0) is 55.0 Å². The van der Waals surface area contributed by atoms with Gasteiger partial charge in [0.2, 0.25) is 11.8 Å². The number of hydrogen-bond acceptors (Lipinski definition) is 5. The van der Waals surface area contributed by atoms with Gasteiger partial charge in [0.15, 0.2) is 0 Å². The Bertz CT molecular complexity index is 947. The molecule has 0 radical (unpaired) electrons. The van der Waals surface area contributed by atoms with Gasteiger partial charge in [-0.15, -0.1) is 23.4 Å². The monoisotopic (exact) mass is 361 g/mol. The second-order valence-electron chi connectivity index (χ2n) is 5.57. The standard InChI is InChI=1S/C18H14F3N3O2/c1-10(2)14-9-12(5-8-15(14)22)17-24-23-16(25-17)11-3-6-13(7-4-11)26-18(19,20)21/h3-9H,1,22H2,2H3. The van der Waals surface area contributed by atoms with Crippen molar-refractivity contribution in [1.82, 2.24) is 10.2 Å². The van der Waals surface area contributed by atoms with Crippen LogP contribution in [0.1, 0.15) is 12.5 Å². The van der Waals surface area contributed by atoms with Gasteiger partial charge in [-0.25, -0.2) is 0 Å². The zero-order valence-corrected chi connectivity index (χ0v) is 13.7. The number of nitrogens with zero attached hydrogens (tertiary/aromatic N) is 2. The molecular formula is C18H14F3N3O2. The van der Waals surface area contributed by atoms with Crippen LogP contribution in [0.3, 0.4) is 0 Å². The SMILES string of the molecule is C=C(C)c1cc(-c2nnc(-c3ccc(OC(F)(F)F)cc3)o2)ccc1N. The molecule has 0 saturated carbocycles. The maximum absolute atomic E-state index is 12.2. The lowest BCUT2D eigenvalue weighted by Crippen LogP contribution is -2.16. The highest BCUT2D eigenvalue weighted by Crippen LogP contribution is 2.30. The molecule has 0 aliphatic heterocycles. The van der Waals surface area contributed by atoms with E-state index in [4.69, 9.17) is 10.2 Å². The van der Waals surface area contributed by atoms with E-state index < -0.39 is 6.36 Å². The molecule has 0 fully saturated rings. The van der Waals surface area contributed by atoms with Crippen LogP contribution in [0.15, 0.2) is 53.5 Å². The Morgan fingerprint density at radius 3 is 2.19 bits per heavy atom. The zero-order chi connectivity index (χ0) is 18.9. The summed E-state index contributed by atoms with van der Waals surface area (Å²) in [5.74, 6) is 0.107. The Kier molecular flexibility index (Phi) is 4.41. The molecule has 0 saturated heterocycles. The second-order valence-corrected chi connectivity index (χ2v) is 5.57. The van der Waals surface area contributed by atoms with Crippen LogP contribution in [0, 0.1) is 0 Å². The van der Waals surface area contributed by atoms with E-state index in [2.05, 4.69) is 21.5 Å². The Balaban J connectivity index is 1.86. The summed E-state index contributed by atoms with van der Waals surface area (Å²) in [6.07, 6.45) is -4.74. The molecule has 0 amide bonds. The molecule has 0 unspecified atom stereocenters. The van der Waals surface area contributed by atoms with Crippen LogP contribution >= 0.6 is 0 Å². The third kappa shape index (κ3) is 3.85. The van der Waals surface area contributed by atoms with Gasteiger partial charge in [0, 0.05) is 22.4 Å². The summed E-state index contributed by atoms with van der Waals surface area (Å²) in [5.41, 5.74) is 9.18. The summed E-state index contributed by atoms with van der Waals surface area (Å²) in [6, 6.07) is 10.4. The van der Waals surface area contributed by atoms with Crippen LogP contribution in [0.4, 0.5) is 18.9 Å². The summed E-state index contributed by atoms with van der Waals surface area (Å²) < 4.78 is 46.0. The van der Waals surface area contributed by atoms with E-state index in [-0.39, 0.29) is 17.5 Å². The number of aromatic nitrogens is 2. The molecule has 5 nitrogen and oxygen atoms in total. The first-order chi connectivity index (χ1) is 12.2. The van der Waals surface area contributed by atoms with Crippen molar-refractivity contribution in [3.63, 3.8) is 0 Å². The minimum atomic E-state index is -4.74. The molecule has 2 N–H and O–H groups in total. The topological polar surface area (TPSA) is 74.2 Å². The number of nitrogen functional groups attached to an aromatic ring is 1. The average Bonchev–Trinajstić information content (AvgIpc) is 3.04. The minimum absolute atomic E-state index is 0.173. The lowest BCUT2D eigenvalue weighted by atomic mass is 10.0. The number of nitrogens with two attached hydrogens (primary N) is 1. The molecule has 2 aromatic carbocycles. The molecule has 0 spiro atoms. The molecule has 8 heteroatoms. The highest BCUT2D eigenvalue weighted by atomic mass is 19.4. The summed E-state index contributed by atoms with van der Waals surface area (Å²) in [6.45, 7) is 5.70. The zero-order valence-electron chi connectivity index (χ0n) is 13.7. The van der Waals surface area contributed by atoms with Crippen molar-refractivity contribution >= 4 is 11.3 Å². The Labute approximate surface area is 146 Å². The van der Waals surface area contributed by atoms with Gasteiger partial charge in [0.1, 0.15) is 5.75 Å². The third-order valence-electron chi connectivity index (χ3n) is 3.52. The number of benzene rings is 2. The summed E-state index contributed by atoms with van der Waals surface area (Å²) >= 11 is 0. The maximum atomic E-state index is 12.2. The fourth-order valence-electron chi connectivity index (χ4n) is 2.31. The predicted octanol–water partition coefficient (Wildman–Crippen LogP) is 4.92. The Hall–Kier alpha value is -3.29. The molecule has 3 aromatic rings. The van der Waals surface area contributed by atoms with Crippen molar-refractivity contribution in [3.05, 3.63) is 54.6 Å².